The van der Waals surface area contributed by atoms with Gasteiger partial charge in [-0.3, -0.25) is 19.4 Å². The van der Waals surface area contributed by atoms with Crippen LogP contribution < -0.4 is 21.3 Å². The first-order chi connectivity index (χ1) is 15.7. The Balaban J connectivity index is 1.98. The quantitative estimate of drug-likeness (QED) is 0.290. The largest absolute Gasteiger partial charge is 0.481 e. The summed E-state index contributed by atoms with van der Waals surface area (Å²) >= 11 is 0. The van der Waals surface area contributed by atoms with Gasteiger partial charge >= 0.3 is 5.97 Å². The summed E-state index contributed by atoms with van der Waals surface area (Å²) in [5.74, 6) is -2.10. The Hall–Kier alpha value is -3.95. The molecule has 2 rings (SSSR count). The topological polar surface area (TPSA) is 132 Å². The molecule has 2 amide bonds. The van der Waals surface area contributed by atoms with E-state index in [0.29, 0.717) is 22.8 Å². The second-order valence-electron chi connectivity index (χ2n) is 7.53. The van der Waals surface area contributed by atoms with Crippen molar-refractivity contribution < 1.29 is 23.9 Å². The molecule has 0 saturated heterocycles. The number of halogens is 1. The van der Waals surface area contributed by atoms with Crippen molar-refractivity contribution in [3.63, 3.8) is 0 Å². The minimum atomic E-state index is -1.13. The molecule has 0 aromatic heterocycles. The van der Waals surface area contributed by atoms with E-state index in [1.54, 1.807) is 31.3 Å². The van der Waals surface area contributed by atoms with Gasteiger partial charge in [0.1, 0.15) is 5.82 Å². The third-order valence-electron chi connectivity index (χ3n) is 4.43. The molecular formula is C23H28FN5O4. The molecule has 2 aromatic rings. The minimum absolute atomic E-state index is 0.168. The SMILES string of the molecule is C/N=C(\Nc1cccc(C(=O)NCC(=O)NC(CC(=O)O)c2ccc(F)cc2)c1)NC(C)C. The van der Waals surface area contributed by atoms with Crippen molar-refractivity contribution in [2.75, 3.05) is 18.9 Å². The number of nitrogens with zero attached hydrogens (tertiary/aromatic N) is 1. The van der Waals surface area contributed by atoms with E-state index in [9.17, 15) is 18.8 Å². The summed E-state index contributed by atoms with van der Waals surface area (Å²) in [6, 6.07) is 11.2. The molecule has 0 aliphatic heterocycles. The van der Waals surface area contributed by atoms with Crippen molar-refractivity contribution in [1.82, 2.24) is 16.0 Å². The third kappa shape index (κ3) is 8.60. The number of amides is 2. The average molecular weight is 458 g/mol. The normalized spacial score (nSPS) is 12.1. The van der Waals surface area contributed by atoms with Crippen LogP contribution in [0.3, 0.4) is 0 Å². The number of rotatable bonds is 9. The molecule has 0 aliphatic rings. The summed E-state index contributed by atoms with van der Waals surface area (Å²) < 4.78 is 13.2. The van der Waals surface area contributed by atoms with E-state index in [-0.39, 0.29) is 19.0 Å². The Morgan fingerprint density at radius 2 is 1.76 bits per heavy atom. The number of nitrogens with one attached hydrogen (secondary N) is 4. The number of carboxylic acids is 1. The van der Waals surface area contributed by atoms with Crippen LogP contribution in [0.1, 0.15) is 42.2 Å². The van der Waals surface area contributed by atoms with Crippen LogP contribution >= 0.6 is 0 Å². The predicted octanol–water partition coefficient (Wildman–Crippen LogP) is 2.28. The van der Waals surface area contributed by atoms with Crippen LogP contribution in [0.5, 0.6) is 0 Å². The second kappa shape index (κ2) is 12.2. The van der Waals surface area contributed by atoms with Crippen molar-refractivity contribution in [1.29, 1.82) is 0 Å². The first-order valence-electron chi connectivity index (χ1n) is 10.3. The van der Waals surface area contributed by atoms with Gasteiger partial charge in [0.2, 0.25) is 5.91 Å². The summed E-state index contributed by atoms with van der Waals surface area (Å²) in [4.78, 5) is 40.1. The van der Waals surface area contributed by atoms with Gasteiger partial charge in [0.15, 0.2) is 5.96 Å². The van der Waals surface area contributed by atoms with E-state index < -0.39 is 29.6 Å². The van der Waals surface area contributed by atoms with Crippen LogP contribution in [-0.4, -0.2) is 48.5 Å². The highest BCUT2D eigenvalue weighted by Crippen LogP contribution is 2.17. The van der Waals surface area contributed by atoms with E-state index in [2.05, 4.69) is 26.3 Å². The Morgan fingerprint density at radius 3 is 2.36 bits per heavy atom. The van der Waals surface area contributed by atoms with Crippen LogP contribution in [0.25, 0.3) is 0 Å². The summed E-state index contributed by atoms with van der Waals surface area (Å²) in [5, 5.41) is 20.4. The number of benzene rings is 2. The Kier molecular flexibility index (Phi) is 9.34. The van der Waals surface area contributed by atoms with Gasteiger partial charge < -0.3 is 26.4 Å². The average Bonchev–Trinajstić information content (AvgIpc) is 2.76. The monoisotopic (exact) mass is 457 g/mol. The van der Waals surface area contributed by atoms with Gasteiger partial charge in [-0.05, 0) is 49.7 Å². The number of hydrogen-bond donors (Lipinski definition) is 5. The maximum absolute atomic E-state index is 13.2. The van der Waals surface area contributed by atoms with Crippen molar-refractivity contribution >= 4 is 29.4 Å². The zero-order chi connectivity index (χ0) is 24.4. The number of carboxylic acid groups (broad SMARTS) is 1. The van der Waals surface area contributed by atoms with Gasteiger partial charge in [0.05, 0.1) is 19.0 Å². The molecule has 0 spiro atoms. The Labute approximate surface area is 191 Å². The molecule has 9 nitrogen and oxygen atoms in total. The van der Waals surface area contributed by atoms with Crippen molar-refractivity contribution in [2.24, 2.45) is 4.99 Å². The van der Waals surface area contributed by atoms with Gasteiger partial charge in [-0.25, -0.2) is 4.39 Å². The number of aliphatic imine (C=N–C) groups is 1. The lowest BCUT2D eigenvalue weighted by molar-refractivity contribution is -0.137. The summed E-state index contributed by atoms with van der Waals surface area (Å²) in [5.41, 5.74) is 1.41. The number of guanidine groups is 1. The highest BCUT2D eigenvalue weighted by molar-refractivity contribution is 5.99. The van der Waals surface area contributed by atoms with Crippen LogP contribution in [0, 0.1) is 5.82 Å². The number of carbonyl (C=O) groups is 3. The van der Waals surface area contributed by atoms with Gasteiger partial charge in [0.25, 0.3) is 5.91 Å². The fourth-order valence-corrected chi connectivity index (χ4v) is 2.93. The summed E-state index contributed by atoms with van der Waals surface area (Å²) in [6.07, 6.45) is -0.384. The molecule has 2 aromatic carbocycles. The van der Waals surface area contributed by atoms with Crippen LogP contribution in [0.2, 0.25) is 0 Å². The van der Waals surface area contributed by atoms with Crippen LogP contribution in [0.4, 0.5) is 10.1 Å². The fraction of sp³-hybridized carbons (Fsp3) is 0.304. The fourth-order valence-electron chi connectivity index (χ4n) is 2.93. The third-order valence-corrected chi connectivity index (χ3v) is 4.43. The molecule has 0 saturated carbocycles. The summed E-state index contributed by atoms with van der Waals surface area (Å²) in [7, 11) is 1.64. The molecule has 1 unspecified atom stereocenters. The minimum Gasteiger partial charge on any atom is -0.481 e. The molecule has 0 heterocycles. The molecule has 1 atom stereocenters. The molecule has 0 aliphatic carbocycles. The smallest absolute Gasteiger partial charge is 0.305 e. The van der Waals surface area contributed by atoms with E-state index in [4.69, 9.17) is 5.11 Å². The van der Waals surface area contributed by atoms with Crippen LogP contribution in [-0.2, 0) is 9.59 Å². The molecule has 10 heteroatoms. The number of hydrogen-bond acceptors (Lipinski definition) is 4. The van der Waals surface area contributed by atoms with E-state index >= 15 is 0 Å². The first-order valence-corrected chi connectivity index (χ1v) is 10.3. The lowest BCUT2D eigenvalue weighted by atomic mass is 10.0. The van der Waals surface area contributed by atoms with E-state index in [0.717, 1.165) is 0 Å². The summed E-state index contributed by atoms with van der Waals surface area (Å²) in [6.45, 7) is 3.59. The van der Waals surface area contributed by atoms with E-state index in [1.807, 2.05) is 13.8 Å². The standard InChI is InChI=1S/C23H28FN5O4/c1-14(2)27-23(25-3)28-18-6-4-5-16(11-18)22(33)26-13-20(30)29-19(12-21(31)32)15-7-9-17(24)10-8-15/h4-11,14,19H,12-13H2,1-3H3,(H,26,33)(H,29,30)(H,31,32)(H2,25,27,28). The van der Waals surface area contributed by atoms with Crippen molar-refractivity contribution in [2.45, 2.75) is 32.4 Å². The Morgan fingerprint density at radius 1 is 1.06 bits per heavy atom. The molecule has 176 valence electrons. The highest BCUT2D eigenvalue weighted by Gasteiger charge is 2.19. The van der Waals surface area contributed by atoms with Crippen LogP contribution in [0.15, 0.2) is 53.5 Å². The number of anilines is 1. The molecule has 0 radical (unpaired) electrons. The lowest BCUT2D eigenvalue weighted by Crippen LogP contribution is -2.39. The number of carbonyl (C=O) groups excluding carboxylic acids is 2. The van der Waals surface area contributed by atoms with Crippen molar-refractivity contribution in [3.8, 4) is 0 Å². The zero-order valence-electron chi connectivity index (χ0n) is 18.7. The molecular weight excluding hydrogens is 429 g/mol. The van der Waals surface area contributed by atoms with Gasteiger partial charge in [-0.15, -0.1) is 0 Å². The van der Waals surface area contributed by atoms with Gasteiger partial charge in [-0.1, -0.05) is 18.2 Å². The molecule has 0 bridgehead atoms. The Bertz CT molecular complexity index is 1010. The van der Waals surface area contributed by atoms with Gasteiger partial charge in [0, 0.05) is 24.3 Å². The molecule has 5 N–H and O–H groups in total. The van der Waals surface area contributed by atoms with Gasteiger partial charge in [-0.2, -0.15) is 0 Å². The first kappa shape index (κ1) is 25.3. The maximum Gasteiger partial charge on any atom is 0.305 e. The molecule has 33 heavy (non-hydrogen) atoms. The highest BCUT2D eigenvalue weighted by atomic mass is 19.1. The zero-order valence-corrected chi connectivity index (χ0v) is 18.7. The van der Waals surface area contributed by atoms with E-state index in [1.165, 1.54) is 24.3 Å². The van der Waals surface area contributed by atoms with Crippen molar-refractivity contribution in [3.05, 3.63) is 65.5 Å². The second-order valence-corrected chi connectivity index (χ2v) is 7.53. The lowest BCUT2D eigenvalue weighted by Gasteiger charge is -2.18. The predicted molar refractivity (Wildman–Crippen MR) is 124 cm³/mol. The maximum atomic E-state index is 13.2. The molecule has 0 fully saturated rings. The number of aliphatic carboxylic acids is 1.